The predicted octanol–water partition coefficient (Wildman–Crippen LogP) is 4.27. The number of hydrogen-bond acceptors (Lipinski definition) is 1. The smallest absolute Gasteiger partial charge is 0.252 e. The van der Waals surface area contributed by atoms with E-state index in [9.17, 15) is 4.79 Å². The van der Waals surface area contributed by atoms with Crippen LogP contribution in [0.4, 0.5) is 0 Å². The highest BCUT2D eigenvalue weighted by atomic mass is 79.9. The third-order valence-electron chi connectivity index (χ3n) is 3.54. The Balaban J connectivity index is 2.14. The number of hydrogen-bond donors (Lipinski definition) is 1. The number of amides is 1. The molecule has 4 heteroatoms. The fourth-order valence-electron chi connectivity index (χ4n) is 2.15. The summed E-state index contributed by atoms with van der Waals surface area (Å²) in [5.41, 5.74) is 0.747. The van der Waals surface area contributed by atoms with Crippen LogP contribution in [0.3, 0.4) is 0 Å². The molecular weight excluding hydrogens is 346 g/mol. The SMILES string of the molecule is CCC1(NC(=O)c2ccc(Br)cc2Br)CCC1. The molecule has 0 radical (unpaired) electrons. The molecule has 1 aliphatic carbocycles. The van der Waals surface area contributed by atoms with E-state index in [4.69, 9.17) is 0 Å². The third kappa shape index (κ3) is 2.74. The molecule has 92 valence electrons. The van der Waals surface area contributed by atoms with Crippen molar-refractivity contribution in [3.63, 3.8) is 0 Å². The highest BCUT2D eigenvalue weighted by Crippen LogP contribution is 2.35. The van der Waals surface area contributed by atoms with Crippen molar-refractivity contribution in [2.75, 3.05) is 0 Å². The minimum Gasteiger partial charge on any atom is -0.347 e. The van der Waals surface area contributed by atoms with E-state index in [0.717, 1.165) is 28.2 Å². The van der Waals surface area contributed by atoms with Gasteiger partial charge in [-0.2, -0.15) is 0 Å². The van der Waals surface area contributed by atoms with Gasteiger partial charge in [0.2, 0.25) is 0 Å². The van der Waals surface area contributed by atoms with Crippen molar-refractivity contribution < 1.29 is 4.79 Å². The maximum atomic E-state index is 12.2. The first-order chi connectivity index (χ1) is 8.06. The minimum absolute atomic E-state index is 0.0194. The number of halogens is 2. The molecule has 1 saturated carbocycles. The number of carbonyl (C=O) groups excluding carboxylic acids is 1. The van der Waals surface area contributed by atoms with Gasteiger partial charge in [0.1, 0.15) is 0 Å². The first kappa shape index (κ1) is 13.1. The molecule has 17 heavy (non-hydrogen) atoms. The average molecular weight is 361 g/mol. The molecular formula is C13H15Br2NO. The molecule has 0 aliphatic heterocycles. The fourth-order valence-corrected chi connectivity index (χ4v) is 3.38. The molecule has 1 fully saturated rings. The normalized spacial score (nSPS) is 17.4. The summed E-state index contributed by atoms with van der Waals surface area (Å²) in [7, 11) is 0. The molecule has 1 amide bonds. The predicted molar refractivity (Wildman–Crippen MR) is 76.2 cm³/mol. The van der Waals surface area contributed by atoms with Gasteiger partial charge in [-0.15, -0.1) is 0 Å². The maximum absolute atomic E-state index is 12.2. The summed E-state index contributed by atoms with van der Waals surface area (Å²) >= 11 is 6.81. The molecule has 2 rings (SSSR count). The van der Waals surface area contributed by atoms with E-state index >= 15 is 0 Å². The van der Waals surface area contributed by atoms with Crippen LogP contribution in [0, 0.1) is 0 Å². The van der Waals surface area contributed by atoms with E-state index in [1.54, 1.807) is 0 Å². The molecule has 0 heterocycles. The lowest BCUT2D eigenvalue weighted by Gasteiger charge is -2.42. The molecule has 2 nitrogen and oxygen atoms in total. The van der Waals surface area contributed by atoms with E-state index in [1.807, 2.05) is 18.2 Å². The first-order valence-electron chi connectivity index (χ1n) is 5.84. The second kappa shape index (κ2) is 5.11. The van der Waals surface area contributed by atoms with Crippen LogP contribution in [0.25, 0.3) is 0 Å². The van der Waals surface area contributed by atoms with Crippen molar-refractivity contribution in [3.05, 3.63) is 32.7 Å². The van der Waals surface area contributed by atoms with Crippen LogP contribution in [-0.4, -0.2) is 11.4 Å². The van der Waals surface area contributed by atoms with Gasteiger partial charge in [-0.05, 0) is 59.8 Å². The van der Waals surface area contributed by atoms with Crippen molar-refractivity contribution >= 4 is 37.8 Å². The van der Waals surface area contributed by atoms with E-state index in [-0.39, 0.29) is 11.4 Å². The van der Waals surface area contributed by atoms with Crippen molar-refractivity contribution in [1.82, 2.24) is 5.32 Å². The molecule has 1 aromatic carbocycles. The van der Waals surface area contributed by atoms with Gasteiger partial charge in [0.15, 0.2) is 0 Å². The quantitative estimate of drug-likeness (QED) is 0.856. The van der Waals surface area contributed by atoms with Gasteiger partial charge < -0.3 is 5.32 Å². The van der Waals surface area contributed by atoms with Crippen molar-refractivity contribution in [3.8, 4) is 0 Å². The van der Waals surface area contributed by atoms with Crippen LogP contribution in [0.15, 0.2) is 27.1 Å². The molecule has 1 N–H and O–H groups in total. The average Bonchev–Trinajstić information content (AvgIpc) is 2.23. The largest absolute Gasteiger partial charge is 0.347 e. The Hall–Kier alpha value is -0.350. The fraction of sp³-hybridized carbons (Fsp3) is 0.462. The van der Waals surface area contributed by atoms with Crippen LogP contribution < -0.4 is 5.32 Å². The summed E-state index contributed by atoms with van der Waals surface area (Å²) in [6, 6.07) is 5.62. The summed E-state index contributed by atoms with van der Waals surface area (Å²) in [4.78, 5) is 12.2. The van der Waals surface area contributed by atoms with E-state index < -0.39 is 0 Å². The molecule has 0 bridgehead atoms. The zero-order chi connectivity index (χ0) is 12.5. The summed E-state index contributed by atoms with van der Waals surface area (Å²) in [6.07, 6.45) is 4.43. The number of nitrogens with one attached hydrogen (secondary N) is 1. The van der Waals surface area contributed by atoms with Gasteiger partial charge in [0, 0.05) is 14.5 Å². The zero-order valence-corrected chi connectivity index (χ0v) is 12.9. The van der Waals surface area contributed by atoms with Crippen LogP contribution in [0.5, 0.6) is 0 Å². The number of rotatable bonds is 3. The minimum atomic E-state index is 0.0194. The molecule has 0 atom stereocenters. The summed E-state index contributed by atoms with van der Waals surface area (Å²) in [5, 5.41) is 3.17. The van der Waals surface area contributed by atoms with Gasteiger partial charge in [-0.3, -0.25) is 4.79 Å². The lowest BCUT2D eigenvalue weighted by atomic mass is 9.74. The lowest BCUT2D eigenvalue weighted by molar-refractivity contribution is 0.0819. The Morgan fingerprint density at radius 3 is 2.59 bits per heavy atom. The molecule has 0 saturated heterocycles. The van der Waals surface area contributed by atoms with Crippen LogP contribution in [0.2, 0.25) is 0 Å². The molecule has 1 aliphatic rings. The van der Waals surface area contributed by atoms with Crippen LogP contribution in [-0.2, 0) is 0 Å². The Labute approximate surface area is 118 Å². The second-order valence-electron chi connectivity index (χ2n) is 4.57. The summed E-state index contributed by atoms with van der Waals surface area (Å²) < 4.78 is 1.80. The maximum Gasteiger partial charge on any atom is 0.252 e. The van der Waals surface area contributed by atoms with E-state index in [0.29, 0.717) is 5.56 Å². The van der Waals surface area contributed by atoms with E-state index in [1.165, 1.54) is 6.42 Å². The molecule has 0 spiro atoms. The van der Waals surface area contributed by atoms with Gasteiger partial charge >= 0.3 is 0 Å². The standard InChI is InChI=1S/C13H15Br2NO/c1-2-13(6-3-7-13)16-12(17)10-5-4-9(14)8-11(10)15/h4-5,8H,2-3,6-7H2,1H3,(H,16,17). The van der Waals surface area contributed by atoms with Crippen molar-refractivity contribution in [2.45, 2.75) is 38.1 Å². The Bertz CT molecular complexity index is 436. The topological polar surface area (TPSA) is 29.1 Å². The highest BCUT2D eigenvalue weighted by Gasteiger charge is 2.36. The Morgan fingerprint density at radius 2 is 2.12 bits per heavy atom. The highest BCUT2D eigenvalue weighted by molar-refractivity contribution is 9.11. The van der Waals surface area contributed by atoms with E-state index in [2.05, 4.69) is 44.1 Å². The monoisotopic (exact) mass is 359 g/mol. The Morgan fingerprint density at radius 1 is 1.41 bits per heavy atom. The van der Waals surface area contributed by atoms with Gasteiger partial charge in [-0.25, -0.2) is 0 Å². The number of carbonyl (C=O) groups is 1. The van der Waals surface area contributed by atoms with Gasteiger partial charge in [0.25, 0.3) is 5.91 Å². The summed E-state index contributed by atoms with van der Waals surface area (Å²) in [5.74, 6) is 0.0194. The van der Waals surface area contributed by atoms with Gasteiger partial charge in [0.05, 0.1) is 5.56 Å². The summed E-state index contributed by atoms with van der Waals surface area (Å²) in [6.45, 7) is 2.13. The van der Waals surface area contributed by atoms with Crippen LogP contribution in [0.1, 0.15) is 43.0 Å². The third-order valence-corrected chi connectivity index (χ3v) is 4.69. The second-order valence-corrected chi connectivity index (χ2v) is 6.34. The van der Waals surface area contributed by atoms with Crippen LogP contribution >= 0.6 is 31.9 Å². The molecule has 1 aromatic rings. The molecule has 0 unspecified atom stereocenters. The first-order valence-corrected chi connectivity index (χ1v) is 7.42. The number of benzene rings is 1. The van der Waals surface area contributed by atoms with Crippen molar-refractivity contribution in [1.29, 1.82) is 0 Å². The van der Waals surface area contributed by atoms with Crippen molar-refractivity contribution in [2.24, 2.45) is 0 Å². The lowest BCUT2D eigenvalue weighted by Crippen LogP contribution is -2.53. The van der Waals surface area contributed by atoms with Gasteiger partial charge in [-0.1, -0.05) is 22.9 Å². The molecule has 0 aromatic heterocycles. The Kier molecular flexibility index (Phi) is 3.93. The zero-order valence-electron chi connectivity index (χ0n) is 9.72.